The van der Waals surface area contributed by atoms with E-state index in [-0.39, 0.29) is 23.5 Å². The molecule has 1 aliphatic heterocycles. The summed E-state index contributed by atoms with van der Waals surface area (Å²) in [5.41, 5.74) is 6.16. The number of nitrogens with two attached hydrogens (primary N) is 1. The summed E-state index contributed by atoms with van der Waals surface area (Å²) in [6.07, 6.45) is 0.622. The Hall–Kier alpha value is -2.21. The van der Waals surface area contributed by atoms with Crippen molar-refractivity contribution in [3.63, 3.8) is 0 Å². The second-order valence-electron chi connectivity index (χ2n) is 5.31. The highest BCUT2D eigenvalue weighted by Gasteiger charge is 2.30. The number of primary amides is 1. The Morgan fingerprint density at radius 2 is 1.91 bits per heavy atom. The number of likely N-dealkylation sites (tertiary alicyclic amines) is 1. The SMILES string of the molecule is NC(=O)C1CCN(C(=O)c2ccc(-c3ccc(F)cc3)s2)C1. The molecule has 0 radical (unpaired) electrons. The predicted molar refractivity (Wildman–Crippen MR) is 82.9 cm³/mol. The van der Waals surface area contributed by atoms with Gasteiger partial charge in [0.1, 0.15) is 5.82 Å². The summed E-state index contributed by atoms with van der Waals surface area (Å²) in [6, 6.07) is 9.79. The van der Waals surface area contributed by atoms with Crippen molar-refractivity contribution in [1.29, 1.82) is 0 Å². The second kappa shape index (κ2) is 5.88. The fourth-order valence-corrected chi connectivity index (χ4v) is 3.53. The number of rotatable bonds is 3. The lowest BCUT2D eigenvalue weighted by molar-refractivity contribution is -0.121. The number of halogens is 1. The highest BCUT2D eigenvalue weighted by molar-refractivity contribution is 7.17. The minimum atomic E-state index is -0.353. The van der Waals surface area contributed by atoms with Crippen LogP contribution in [0.25, 0.3) is 10.4 Å². The first kappa shape index (κ1) is 14.7. The third-order valence-electron chi connectivity index (χ3n) is 3.82. The summed E-state index contributed by atoms with van der Waals surface area (Å²) in [6.45, 7) is 0.939. The first-order chi connectivity index (χ1) is 10.5. The Balaban J connectivity index is 1.75. The van der Waals surface area contributed by atoms with E-state index in [0.717, 1.165) is 10.4 Å². The maximum absolute atomic E-state index is 12.9. The van der Waals surface area contributed by atoms with Gasteiger partial charge in [0.05, 0.1) is 10.8 Å². The quantitative estimate of drug-likeness (QED) is 0.945. The van der Waals surface area contributed by atoms with Crippen LogP contribution in [0.4, 0.5) is 4.39 Å². The molecule has 0 aliphatic carbocycles. The summed E-state index contributed by atoms with van der Waals surface area (Å²) >= 11 is 1.37. The molecule has 1 aromatic carbocycles. The maximum atomic E-state index is 12.9. The van der Waals surface area contributed by atoms with Crippen LogP contribution in [0, 0.1) is 11.7 Å². The molecule has 2 N–H and O–H groups in total. The van der Waals surface area contributed by atoms with E-state index in [9.17, 15) is 14.0 Å². The number of amides is 2. The smallest absolute Gasteiger partial charge is 0.263 e. The van der Waals surface area contributed by atoms with E-state index in [2.05, 4.69) is 0 Å². The van der Waals surface area contributed by atoms with Gasteiger partial charge < -0.3 is 10.6 Å². The first-order valence-corrected chi connectivity index (χ1v) is 7.80. The van der Waals surface area contributed by atoms with Crippen LogP contribution in [0.2, 0.25) is 0 Å². The first-order valence-electron chi connectivity index (χ1n) is 6.99. The number of thiophene rings is 1. The topological polar surface area (TPSA) is 63.4 Å². The van der Waals surface area contributed by atoms with Crippen LogP contribution in [0.15, 0.2) is 36.4 Å². The molecule has 22 heavy (non-hydrogen) atoms. The molecule has 6 heteroatoms. The Labute approximate surface area is 131 Å². The van der Waals surface area contributed by atoms with Gasteiger partial charge in [0.2, 0.25) is 5.91 Å². The Morgan fingerprint density at radius 1 is 1.18 bits per heavy atom. The zero-order valence-corrected chi connectivity index (χ0v) is 12.6. The summed E-state index contributed by atoms with van der Waals surface area (Å²) in [4.78, 5) is 26.8. The maximum Gasteiger partial charge on any atom is 0.263 e. The summed E-state index contributed by atoms with van der Waals surface area (Å²) < 4.78 is 12.9. The van der Waals surface area contributed by atoms with Crippen molar-refractivity contribution in [1.82, 2.24) is 4.90 Å². The van der Waals surface area contributed by atoms with Crippen LogP contribution in [0.1, 0.15) is 16.1 Å². The zero-order chi connectivity index (χ0) is 15.7. The van der Waals surface area contributed by atoms with Crippen molar-refractivity contribution >= 4 is 23.2 Å². The number of nitrogens with zero attached hydrogens (tertiary/aromatic N) is 1. The molecule has 4 nitrogen and oxygen atoms in total. The Bertz CT molecular complexity index is 711. The van der Waals surface area contributed by atoms with Crippen LogP contribution < -0.4 is 5.73 Å². The lowest BCUT2D eigenvalue weighted by atomic mass is 10.1. The van der Waals surface area contributed by atoms with Gasteiger partial charge in [-0.15, -0.1) is 11.3 Å². The zero-order valence-electron chi connectivity index (χ0n) is 11.8. The molecule has 2 aromatic rings. The van der Waals surface area contributed by atoms with Crippen LogP contribution in [0.5, 0.6) is 0 Å². The minimum Gasteiger partial charge on any atom is -0.369 e. The highest BCUT2D eigenvalue weighted by Crippen LogP contribution is 2.30. The third kappa shape index (κ3) is 2.87. The molecule has 0 bridgehead atoms. The molecule has 0 spiro atoms. The molecule has 1 unspecified atom stereocenters. The van der Waals surface area contributed by atoms with E-state index < -0.39 is 0 Å². The molecule has 1 fully saturated rings. The van der Waals surface area contributed by atoms with Gasteiger partial charge in [-0.1, -0.05) is 12.1 Å². The third-order valence-corrected chi connectivity index (χ3v) is 4.95. The monoisotopic (exact) mass is 318 g/mol. The summed E-state index contributed by atoms with van der Waals surface area (Å²) in [5.74, 6) is -0.970. The van der Waals surface area contributed by atoms with E-state index >= 15 is 0 Å². The van der Waals surface area contributed by atoms with Gasteiger partial charge in [-0.2, -0.15) is 0 Å². The fourth-order valence-electron chi connectivity index (χ4n) is 2.55. The van der Waals surface area contributed by atoms with E-state index in [1.807, 2.05) is 6.07 Å². The van der Waals surface area contributed by atoms with E-state index in [4.69, 9.17) is 5.73 Å². The molecule has 1 aliphatic rings. The Kier molecular flexibility index (Phi) is 3.94. The average molecular weight is 318 g/mol. The van der Waals surface area contributed by atoms with Crippen LogP contribution in [-0.2, 0) is 4.79 Å². The molecule has 1 saturated heterocycles. The van der Waals surface area contributed by atoms with Crippen LogP contribution in [0.3, 0.4) is 0 Å². The van der Waals surface area contributed by atoms with Crippen molar-refractivity contribution in [2.45, 2.75) is 6.42 Å². The second-order valence-corrected chi connectivity index (χ2v) is 6.39. The van der Waals surface area contributed by atoms with Crippen molar-refractivity contribution in [2.24, 2.45) is 11.7 Å². The van der Waals surface area contributed by atoms with Gasteiger partial charge in [-0.3, -0.25) is 9.59 Å². The van der Waals surface area contributed by atoms with Crippen molar-refractivity contribution in [3.05, 3.63) is 47.1 Å². The molecular weight excluding hydrogens is 303 g/mol. The number of carbonyl (C=O) groups excluding carboxylic acids is 2. The molecule has 0 saturated carbocycles. The van der Waals surface area contributed by atoms with Gasteiger partial charge in [-0.05, 0) is 36.2 Å². The van der Waals surface area contributed by atoms with E-state index in [1.165, 1.54) is 23.5 Å². The number of hydrogen-bond acceptors (Lipinski definition) is 3. The largest absolute Gasteiger partial charge is 0.369 e. The minimum absolute atomic E-state index is 0.0814. The Morgan fingerprint density at radius 3 is 2.55 bits per heavy atom. The normalized spacial score (nSPS) is 17.7. The van der Waals surface area contributed by atoms with Gasteiger partial charge in [-0.25, -0.2) is 4.39 Å². The lowest BCUT2D eigenvalue weighted by Gasteiger charge is -2.14. The molecule has 1 aromatic heterocycles. The van der Waals surface area contributed by atoms with Crippen LogP contribution >= 0.6 is 11.3 Å². The van der Waals surface area contributed by atoms with Crippen molar-refractivity contribution < 1.29 is 14.0 Å². The highest BCUT2D eigenvalue weighted by atomic mass is 32.1. The molecule has 1 atom stereocenters. The molecule has 2 heterocycles. The van der Waals surface area contributed by atoms with Gasteiger partial charge in [0.25, 0.3) is 5.91 Å². The molecule has 2 amide bonds. The summed E-state index contributed by atoms with van der Waals surface area (Å²) in [5, 5.41) is 0. The van der Waals surface area contributed by atoms with E-state index in [1.54, 1.807) is 23.1 Å². The van der Waals surface area contributed by atoms with Crippen molar-refractivity contribution in [3.8, 4) is 10.4 Å². The fraction of sp³-hybridized carbons (Fsp3) is 0.250. The molecular formula is C16H15FN2O2S. The van der Waals surface area contributed by atoms with E-state index in [0.29, 0.717) is 24.4 Å². The molecule has 3 rings (SSSR count). The summed E-state index contributed by atoms with van der Waals surface area (Å²) in [7, 11) is 0. The van der Waals surface area contributed by atoms with Gasteiger partial charge in [0.15, 0.2) is 0 Å². The van der Waals surface area contributed by atoms with Crippen LogP contribution in [-0.4, -0.2) is 29.8 Å². The number of carbonyl (C=O) groups is 2. The average Bonchev–Trinajstić information content (AvgIpc) is 3.17. The van der Waals surface area contributed by atoms with Crippen molar-refractivity contribution in [2.75, 3.05) is 13.1 Å². The number of hydrogen-bond donors (Lipinski definition) is 1. The van der Waals surface area contributed by atoms with Gasteiger partial charge in [0, 0.05) is 18.0 Å². The lowest BCUT2D eigenvalue weighted by Crippen LogP contribution is -2.31. The predicted octanol–water partition coefficient (Wildman–Crippen LogP) is 2.50. The molecule has 114 valence electrons. The standard InChI is InChI=1S/C16H15FN2O2S/c17-12-3-1-10(2-4-12)13-5-6-14(22-13)16(21)19-8-7-11(9-19)15(18)20/h1-6,11H,7-9H2,(H2,18,20). The van der Waals surface area contributed by atoms with Gasteiger partial charge >= 0.3 is 0 Å². The number of benzene rings is 1.